The van der Waals surface area contributed by atoms with Gasteiger partial charge in [0.15, 0.2) is 5.96 Å². The molecule has 1 atom stereocenters. The minimum atomic E-state index is 0. The monoisotopic (exact) mass is 498 g/mol. The first-order valence-corrected chi connectivity index (χ1v) is 10.0. The van der Waals surface area contributed by atoms with E-state index in [1.165, 1.54) is 5.56 Å². The number of hydrogen-bond acceptors (Lipinski definition) is 4. The molecule has 2 N–H and O–H groups in total. The fourth-order valence-corrected chi connectivity index (χ4v) is 4.03. The summed E-state index contributed by atoms with van der Waals surface area (Å²) in [6.45, 7) is 3.73. The maximum atomic E-state index is 4.70. The number of rotatable bonds is 6. The molecule has 0 aliphatic carbocycles. The van der Waals surface area contributed by atoms with Gasteiger partial charge in [-0.25, -0.2) is 4.98 Å². The molecule has 3 aromatic rings. The highest BCUT2D eigenvalue weighted by molar-refractivity contribution is 14.0. The van der Waals surface area contributed by atoms with E-state index in [1.54, 1.807) is 29.7 Å². The van der Waals surface area contributed by atoms with Gasteiger partial charge in [0.1, 0.15) is 5.01 Å². The Kier molecular flexibility index (Phi) is 8.53. The molecule has 1 aromatic carbocycles. The third-order valence-electron chi connectivity index (χ3n) is 3.92. The van der Waals surface area contributed by atoms with E-state index in [9.17, 15) is 0 Å². The van der Waals surface area contributed by atoms with E-state index in [0.717, 1.165) is 28.8 Å². The van der Waals surface area contributed by atoms with Crippen LogP contribution in [0.4, 0.5) is 0 Å². The van der Waals surface area contributed by atoms with E-state index in [-0.39, 0.29) is 24.0 Å². The molecule has 26 heavy (non-hydrogen) atoms. The Labute approximate surface area is 179 Å². The molecule has 0 aliphatic rings. The maximum Gasteiger partial charge on any atom is 0.191 e. The first-order valence-electron chi connectivity index (χ1n) is 8.22. The summed E-state index contributed by atoms with van der Waals surface area (Å²) in [5, 5.41) is 14.2. The zero-order valence-electron chi connectivity index (χ0n) is 14.8. The normalized spacial score (nSPS) is 12.3. The number of halogens is 1. The molecule has 2 heterocycles. The Morgan fingerprint density at radius 3 is 2.65 bits per heavy atom. The van der Waals surface area contributed by atoms with E-state index < -0.39 is 0 Å². The lowest BCUT2D eigenvalue weighted by Gasteiger charge is -2.15. The number of thiophene rings is 1. The van der Waals surface area contributed by atoms with Crippen LogP contribution in [0, 0.1) is 0 Å². The second-order valence-corrected chi connectivity index (χ2v) is 7.41. The Morgan fingerprint density at radius 1 is 1.15 bits per heavy atom. The SMILES string of the molecule is CN=C(NCc1csc(-c2ccccc2)n1)NCC(C)c1ccsc1.I. The first-order chi connectivity index (χ1) is 12.3. The van der Waals surface area contributed by atoms with Crippen LogP contribution >= 0.6 is 46.7 Å². The Morgan fingerprint density at radius 2 is 1.96 bits per heavy atom. The lowest BCUT2D eigenvalue weighted by molar-refractivity contribution is 0.699. The molecule has 3 rings (SSSR count). The van der Waals surface area contributed by atoms with Crippen molar-refractivity contribution in [3.8, 4) is 10.6 Å². The van der Waals surface area contributed by atoms with Gasteiger partial charge in [0.2, 0.25) is 0 Å². The Balaban J connectivity index is 0.00000243. The van der Waals surface area contributed by atoms with Crippen LogP contribution < -0.4 is 10.6 Å². The number of aromatic nitrogens is 1. The van der Waals surface area contributed by atoms with Crippen molar-refractivity contribution in [3.05, 3.63) is 63.8 Å². The lowest BCUT2D eigenvalue weighted by atomic mass is 10.1. The summed E-state index contributed by atoms with van der Waals surface area (Å²) < 4.78 is 0. The van der Waals surface area contributed by atoms with Crippen molar-refractivity contribution in [2.75, 3.05) is 13.6 Å². The number of guanidine groups is 1. The van der Waals surface area contributed by atoms with E-state index in [4.69, 9.17) is 4.98 Å². The molecule has 138 valence electrons. The summed E-state index contributed by atoms with van der Waals surface area (Å²) in [5.74, 6) is 1.25. The van der Waals surface area contributed by atoms with Gasteiger partial charge in [-0.2, -0.15) is 11.3 Å². The van der Waals surface area contributed by atoms with Crippen LogP contribution in [0.3, 0.4) is 0 Å². The van der Waals surface area contributed by atoms with Gasteiger partial charge in [0, 0.05) is 24.5 Å². The van der Waals surface area contributed by atoms with Crippen LogP contribution in [-0.2, 0) is 6.54 Å². The molecule has 0 aliphatic heterocycles. The van der Waals surface area contributed by atoms with Gasteiger partial charge in [-0.15, -0.1) is 35.3 Å². The third-order valence-corrected chi connectivity index (χ3v) is 5.56. The van der Waals surface area contributed by atoms with Crippen LogP contribution in [-0.4, -0.2) is 24.5 Å². The standard InChI is InChI=1S/C19H22N4S2.HI/c1-14(16-8-9-24-12-16)10-21-19(20-2)22-11-17-13-25-18(23-17)15-6-4-3-5-7-15;/h3-9,12-14H,10-11H2,1-2H3,(H2,20,21,22);1H. The molecule has 2 aromatic heterocycles. The Bertz CT molecular complexity index is 800. The summed E-state index contributed by atoms with van der Waals surface area (Å²) in [4.78, 5) is 8.99. The zero-order valence-corrected chi connectivity index (χ0v) is 18.8. The predicted molar refractivity (Wildman–Crippen MR) is 124 cm³/mol. The molecular formula is C19H23IN4S2. The maximum absolute atomic E-state index is 4.70. The van der Waals surface area contributed by atoms with Gasteiger partial charge >= 0.3 is 0 Å². The fourth-order valence-electron chi connectivity index (χ4n) is 2.42. The highest BCUT2D eigenvalue weighted by atomic mass is 127. The summed E-state index contributed by atoms with van der Waals surface area (Å²) >= 11 is 3.40. The van der Waals surface area contributed by atoms with Crippen molar-refractivity contribution < 1.29 is 0 Å². The highest BCUT2D eigenvalue weighted by Gasteiger charge is 2.08. The van der Waals surface area contributed by atoms with E-state index >= 15 is 0 Å². The molecule has 1 unspecified atom stereocenters. The lowest BCUT2D eigenvalue weighted by Crippen LogP contribution is -2.38. The molecule has 4 nitrogen and oxygen atoms in total. The van der Waals surface area contributed by atoms with Crippen LogP contribution in [0.15, 0.2) is 57.5 Å². The fraction of sp³-hybridized carbons (Fsp3) is 0.263. The van der Waals surface area contributed by atoms with Gasteiger partial charge in [0.05, 0.1) is 12.2 Å². The number of nitrogens with zero attached hydrogens (tertiary/aromatic N) is 2. The predicted octanol–water partition coefficient (Wildman–Crippen LogP) is 4.96. The van der Waals surface area contributed by atoms with Crippen molar-refractivity contribution in [2.24, 2.45) is 4.99 Å². The van der Waals surface area contributed by atoms with E-state index in [1.807, 2.05) is 18.2 Å². The first kappa shape index (κ1) is 20.9. The molecule has 0 saturated carbocycles. The molecule has 0 bridgehead atoms. The quantitative estimate of drug-likeness (QED) is 0.287. The smallest absolute Gasteiger partial charge is 0.191 e. The molecule has 7 heteroatoms. The van der Waals surface area contributed by atoms with Gasteiger partial charge < -0.3 is 10.6 Å². The average molecular weight is 498 g/mol. The van der Waals surface area contributed by atoms with E-state index in [2.05, 4.69) is 56.9 Å². The van der Waals surface area contributed by atoms with Crippen LogP contribution in [0.5, 0.6) is 0 Å². The number of nitrogens with one attached hydrogen (secondary N) is 2. The summed E-state index contributed by atoms with van der Waals surface area (Å²) in [5.41, 5.74) is 3.54. The van der Waals surface area contributed by atoms with Crippen molar-refractivity contribution in [1.29, 1.82) is 0 Å². The number of thiazole rings is 1. The summed E-state index contributed by atoms with van der Waals surface area (Å²) in [6, 6.07) is 12.4. The summed E-state index contributed by atoms with van der Waals surface area (Å²) in [7, 11) is 1.79. The van der Waals surface area contributed by atoms with Crippen LogP contribution in [0.1, 0.15) is 24.1 Å². The minimum absolute atomic E-state index is 0. The number of hydrogen-bond donors (Lipinski definition) is 2. The minimum Gasteiger partial charge on any atom is -0.356 e. The van der Waals surface area contributed by atoms with Gasteiger partial charge in [-0.3, -0.25) is 4.99 Å². The third kappa shape index (κ3) is 5.78. The summed E-state index contributed by atoms with van der Waals surface area (Å²) in [6.07, 6.45) is 0. The molecule has 0 fully saturated rings. The van der Waals surface area contributed by atoms with Gasteiger partial charge in [-0.1, -0.05) is 37.3 Å². The second kappa shape index (κ2) is 10.6. The van der Waals surface area contributed by atoms with Gasteiger partial charge in [-0.05, 0) is 28.3 Å². The average Bonchev–Trinajstić information content (AvgIpc) is 3.34. The van der Waals surface area contributed by atoms with Crippen molar-refractivity contribution in [2.45, 2.75) is 19.4 Å². The molecule has 0 saturated heterocycles. The molecule has 0 amide bonds. The number of aliphatic imine (C=N–C) groups is 1. The molecule has 0 radical (unpaired) electrons. The molecule has 0 spiro atoms. The van der Waals surface area contributed by atoms with Crippen molar-refractivity contribution in [3.63, 3.8) is 0 Å². The number of benzene rings is 1. The van der Waals surface area contributed by atoms with Crippen molar-refractivity contribution >= 4 is 52.6 Å². The van der Waals surface area contributed by atoms with Crippen LogP contribution in [0.2, 0.25) is 0 Å². The Hall–Kier alpha value is -1.45. The van der Waals surface area contributed by atoms with E-state index in [0.29, 0.717) is 12.5 Å². The molecular weight excluding hydrogens is 475 g/mol. The largest absolute Gasteiger partial charge is 0.356 e. The van der Waals surface area contributed by atoms with Crippen LogP contribution in [0.25, 0.3) is 10.6 Å². The zero-order chi connectivity index (χ0) is 17.5. The second-order valence-electron chi connectivity index (χ2n) is 5.77. The van der Waals surface area contributed by atoms with Crippen molar-refractivity contribution in [1.82, 2.24) is 15.6 Å². The topological polar surface area (TPSA) is 49.3 Å². The highest BCUT2D eigenvalue weighted by Crippen LogP contribution is 2.23. The van der Waals surface area contributed by atoms with Gasteiger partial charge in [0.25, 0.3) is 0 Å².